The van der Waals surface area contributed by atoms with Gasteiger partial charge < -0.3 is 10.1 Å². The van der Waals surface area contributed by atoms with Crippen molar-refractivity contribution in [3.8, 4) is 0 Å². The average Bonchev–Trinajstić information content (AvgIpc) is 2.73. The first kappa shape index (κ1) is 16.4. The molecule has 0 spiro atoms. The van der Waals surface area contributed by atoms with Gasteiger partial charge in [0.05, 0.1) is 19.3 Å². The van der Waals surface area contributed by atoms with E-state index in [4.69, 9.17) is 4.74 Å². The molecule has 1 aliphatic rings. The second-order valence-corrected chi connectivity index (χ2v) is 6.66. The lowest BCUT2D eigenvalue weighted by Crippen LogP contribution is -2.46. The standard InChI is InChI=1S/C13H22IN3O2/c1-13(2,3)19-12(18)16-7-10-17(8-4-5-14)9-6-15-11-17/h6,9,11H,4-5,7-8,10H2,1-3H3/p+1. The fraction of sp³-hybridized carbons (Fsp3) is 0.692. The van der Waals surface area contributed by atoms with Crippen LogP contribution in [0, 0.1) is 0 Å². The van der Waals surface area contributed by atoms with Crippen LogP contribution in [0.3, 0.4) is 0 Å². The summed E-state index contributed by atoms with van der Waals surface area (Å²) in [6.07, 6.45) is 6.59. The molecule has 108 valence electrons. The first-order chi connectivity index (χ1) is 8.87. The van der Waals surface area contributed by atoms with Gasteiger partial charge in [-0.1, -0.05) is 22.6 Å². The summed E-state index contributed by atoms with van der Waals surface area (Å²) in [6.45, 7) is 7.96. The van der Waals surface area contributed by atoms with E-state index in [0.29, 0.717) is 11.0 Å². The first-order valence-corrected chi connectivity index (χ1v) is 8.01. The molecular formula is C13H23IN3O2+. The van der Waals surface area contributed by atoms with Crippen molar-refractivity contribution in [2.75, 3.05) is 24.1 Å². The number of halogens is 1. The molecule has 0 fully saturated rings. The van der Waals surface area contributed by atoms with E-state index in [0.717, 1.165) is 23.9 Å². The maximum absolute atomic E-state index is 11.6. The summed E-state index contributed by atoms with van der Waals surface area (Å²) in [5.74, 6) is 0. The van der Waals surface area contributed by atoms with E-state index in [1.54, 1.807) is 0 Å². The van der Waals surface area contributed by atoms with Crippen molar-refractivity contribution in [2.24, 2.45) is 4.99 Å². The maximum atomic E-state index is 11.6. The Balaban J connectivity index is 2.36. The third-order valence-electron chi connectivity index (χ3n) is 2.65. The number of rotatable bonds is 6. The largest absolute Gasteiger partial charge is 0.444 e. The van der Waals surface area contributed by atoms with Gasteiger partial charge in [-0.3, -0.25) is 4.48 Å². The molecular weight excluding hydrogens is 357 g/mol. The van der Waals surface area contributed by atoms with Gasteiger partial charge >= 0.3 is 6.09 Å². The molecule has 0 saturated carbocycles. The molecule has 1 unspecified atom stereocenters. The number of hydrogen-bond acceptors (Lipinski definition) is 3. The zero-order chi connectivity index (χ0) is 14.4. The Morgan fingerprint density at radius 1 is 1.42 bits per heavy atom. The monoisotopic (exact) mass is 380 g/mol. The lowest BCUT2D eigenvalue weighted by molar-refractivity contribution is -0.777. The smallest absolute Gasteiger partial charge is 0.407 e. The summed E-state index contributed by atoms with van der Waals surface area (Å²) in [4.78, 5) is 15.7. The van der Waals surface area contributed by atoms with Crippen LogP contribution in [-0.2, 0) is 4.74 Å². The van der Waals surface area contributed by atoms with Crippen LogP contribution in [0.5, 0.6) is 0 Å². The highest BCUT2D eigenvalue weighted by Gasteiger charge is 2.25. The van der Waals surface area contributed by atoms with Crippen molar-refractivity contribution >= 4 is 35.0 Å². The number of nitrogens with zero attached hydrogens (tertiary/aromatic N) is 2. The zero-order valence-electron chi connectivity index (χ0n) is 11.9. The van der Waals surface area contributed by atoms with Crippen molar-refractivity contribution in [3.63, 3.8) is 0 Å². The van der Waals surface area contributed by atoms with Gasteiger partial charge in [-0.05, 0) is 20.8 Å². The fourth-order valence-electron chi connectivity index (χ4n) is 1.79. The first-order valence-electron chi connectivity index (χ1n) is 6.48. The molecule has 1 aliphatic heterocycles. The fourth-order valence-corrected chi connectivity index (χ4v) is 2.13. The molecule has 0 aliphatic carbocycles. The maximum Gasteiger partial charge on any atom is 0.407 e. The van der Waals surface area contributed by atoms with Crippen LogP contribution in [0.2, 0.25) is 0 Å². The van der Waals surface area contributed by atoms with E-state index in [1.165, 1.54) is 0 Å². The van der Waals surface area contributed by atoms with Crippen LogP contribution < -0.4 is 5.32 Å². The molecule has 0 bridgehead atoms. The Hall–Kier alpha value is -0.630. The molecule has 0 aromatic carbocycles. The van der Waals surface area contributed by atoms with Crippen LogP contribution in [0.1, 0.15) is 27.2 Å². The number of ether oxygens (including phenoxy) is 1. The Kier molecular flexibility index (Phi) is 6.25. The molecule has 0 aromatic heterocycles. The average molecular weight is 380 g/mol. The molecule has 0 radical (unpaired) electrons. The van der Waals surface area contributed by atoms with E-state index < -0.39 is 5.60 Å². The minimum atomic E-state index is -0.452. The minimum Gasteiger partial charge on any atom is -0.444 e. The van der Waals surface area contributed by atoms with Crippen LogP contribution >= 0.6 is 22.6 Å². The van der Waals surface area contributed by atoms with Crippen molar-refractivity contribution in [2.45, 2.75) is 32.8 Å². The lowest BCUT2D eigenvalue weighted by atomic mass is 10.2. The number of alkyl carbamates (subject to hydrolysis) is 1. The van der Waals surface area contributed by atoms with Gasteiger partial charge in [-0.2, -0.15) is 0 Å². The number of aliphatic imine (C=N–C) groups is 1. The summed E-state index contributed by atoms with van der Waals surface area (Å²) < 4.78 is 7.04. The Morgan fingerprint density at radius 3 is 2.68 bits per heavy atom. The SMILES string of the molecule is CC(C)(C)OC(=O)NCC[N+]1(CCCI)C=CN=C1. The summed E-state index contributed by atoms with van der Waals surface area (Å²) in [7, 11) is 0. The summed E-state index contributed by atoms with van der Waals surface area (Å²) in [5.41, 5.74) is -0.452. The Morgan fingerprint density at radius 2 is 2.16 bits per heavy atom. The van der Waals surface area contributed by atoms with Crippen LogP contribution in [0.25, 0.3) is 0 Å². The highest BCUT2D eigenvalue weighted by atomic mass is 127. The summed E-state index contributed by atoms with van der Waals surface area (Å²) in [5, 5.41) is 2.79. The molecule has 1 N–H and O–H groups in total. The Labute approximate surface area is 128 Å². The summed E-state index contributed by atoms with van der Waals surface area (Å²) in [6, 6.07) is 0. The molecule has 5 nitrogen and oxygen atoms in total. The van der Waals surface area contributed by atoms with E-state index in [1.807, 2.05) is 33.3 Å². The third kappa shape index (κ3) is 6.38. The molecule has 1 amide bonds. The number of carbonyl (C=O) groups is 1. The van der Waals surface area contributed by atoms with Crippen molar-refractivity contribution in [3.05, 3.63) is 12.4 Å². The van der Waals surface area contributed by atoms with E-state index in [-0.39, 0.29) is 6.09 Å². The van der Waals surface area contributed by atoms with Crippen LogP contribution in [0.4, 0.5) is 4.79 Å². The number of alkyl halides is 1. The molecule has 0 saturated heterocycles. The van der Waals surface area contributed by atoms with E-state index in [2.05, 4.69) is 39.1 Å². The number of quaternary nitrogens is 1. The topological polar surface area (TPSA) is 50.7 Å². The van der Waals surface area contributed by atoms with Gasteiger partial charge in [-0.25, -0.2) is 9.79 Å². The van der Waals surface area contributed by atoms with E-state index in [9.17, 15) is 4.79 Å². The predicted molar refractivity (Wildman–Crippen MR) is 85.4 cm³/mol. The van der Waals surface area contributed by atoms with E-state index >= 15 is 0 Å². The quantitative estimate of drug-likeness (QED) is 0.438. The molecule has 6 heteroatoms. The molecule has 0 aromatic rings. The lowest BCUT2D eigenvalue weighted by Gasteiger charge is -2.27. The number of carbonyl (C=O) groups excluding carboxylic acids is 1. The van der Waals surface area contributed by atoms with Gasteiger partial charge in [0.15, 0.2) is 6.34 Å². The van der Waals surface area contributed by atoms with Crippen LogP contribution in [0.15, 0.2) is 17.4 Å². The Bertz CT molecular complexity index is 349. The summed E-state index contributed by atoms with van der Waals surface area (Å²) >= 11 is 2.38. The van der Waals surface area contributed by atoms with Gasteiger partial charge in [-0.15, -0.1) is 0 Å². The third-order valence-corrected chi connectivity index (χ3v) is 3.41. The van der Waals surface area contributed by atoms with Crippen LogP contribution in [-0.4, -0.2) is 46.6 Å². The number of amides is 1. The normalized spacial score (nSPS) is 21.7. The van der Waals surface area contributed by atoms with Gasteiger partial charge in [0.2, 0.25) is 0 Å². The van der Waals surface area contributed by atoms with Crippen molar-refractivity contribution < 1.29 is 14.0 Å². The zero-order valence-corrected chi connectivity index (χ0v) is 14.0. The second kappa shape index (κ2) is 7.23. The highest BCUT2D eigenvalue weighted by Crippen LogP contribution is 2.12. The predicted octanol–water partition coefficient (Wildman–Crippen LogP) is 2.67. The minimum absolute atomic E-state index is 0.361. The van der Waals surface area contributed by atoms with Gasteiger partial charge in [0.1, 0.15) is 18.3 Å². The highest BCUT2D eigenvalue weighted by molar-refractivity contribution is 14.1. The molecule has 1 rings (SSSR count). The number of hydrogen-bond donors (Lipinski definition) is 1. The molecule has 1 heterocycles. The molecule has 19 heavy (non-hydrogen) atoms. The molecule has 1 atom stereocenters. The van der Waals surface area contributed by atoms with Gasteiger partial charge in [0.25, 0.3) is 0 Å². The van der Waals surface area contributed by atoms with Gasteiger partial charge in [0, 0.05) is 10.8 Å². The number of nitrogens with one attached hydrogen (secondary N) is 1. The van der Waals surface area contributed by atoms with Crippen molar-refractivity contribution in [1.29, 1.82) is 0 Å². The van der Waals surface area contributed by atoms with Crippen molar-refractivity contribution in [1.82, 2.24) is 5.32 Å². The second-order valence-electron chi connectivity index (χ2n) is 5.58.